The summed E-state index contributed by atoms with van der Waals surface area (Å²) in [5.74, 6) is 0.0986. The van der Waals surface area contributed by atoms with Crippen molar-refractivity contribution in [3.8, 4) is 0 Å². The van der Waals surface area contributed by atoms with Crippen LogP contribution in [0.2, 0.25) is 0 Å². The van der Waals surface area contributed by atoms with Crippen LogP contribution in [-0.4, -0.2) is 56.0 Å². The highest BCUT2D eigenvalue weighted by Gasteiger charge is 2.34. The van der Waals surface area contributed by atoms with Crippen molar-refractivity contribution in [3.05, 3.63) is 22.4 Å². The molecule has 0 aliphatic carbocycles. The highest BCUT2D eigenvalue weighted by atomic mass is 32.1. The molecule has 2 fully saturated rings. The Hall–Kier alpha value is -0.950. The van der Waals surface area contributed by atoms with E-state index in [2.05, 4.69) is 21.7 Å². The number of piperidine rings is 1. The van der Waals surface area contributed by atoms with Crippen molar-refractivity contribution in [3.63, 3.8) is 0 Å². The number of carbonyl (C=O) groups excluding carboxylic acids is 1. The number of hydrogen-bond acceptors (Lipinski definition) is 5. The lowest BCUT2D eigenvalue weighted by Crippen LogP contribution is -2.51. The summed E-state index contributed by atoms with van der Waals surface area (Å²) in [6.45, 7) is 3.43. The topological polar surface area (TPSA) is 50.8 Å². The van der Waals surface area contributed by atoms with E-state index in [1.165, 1.54) is 11.3 Å². The Bertz CT molecular complexity index is 460. The number of likely N-dealkylation sites (tertiary alicyclic amines) is 1. The summed E-state index contributed by atoms with van der Waals surface area (Å²) in [7, 11) is 0. The van der Waals surface area contributed by atoms with Crippen LogP contribution in [0, 0.1) is 0 Å². The number of hydrogen-bond donors (Lipinski definition) is 1. The first-order valence-corrected chi connectivity index (χ1v) is 8.97. The Labute approximate surface area is 135 Å². The van der Waals surface area contributed by atoms with Crippen LogP contribution in [0.3, 0.4) is 0 Å². The average molecular weight is 324 g/mol. The molecule has 2 aliphatic rings. The third kappa shape index (κ3) is 4.29. The Balaban J connectivity index is 1.44. The molecule has 0 spiro atoms. The van der Waals surface area contributed by atoms with Crippen LogP contribution in [0.5, 0.6) is 0 Å². The van der Waals surface area contributed by atoms with Crippen LogP contribution in [0.1, 0.15) is 24.1 Å². The molecule has 1 aromatic rings. The monoisotopic (exact) mass is 324 g/mol. The molecule has 6 heteroatoms. The Morgan fingerprint density at radius 2 is 2.23 bits per heavy atom. The summed E-state index contributed by atoms with van der Waals surface area (Å²) in [6.07, 6.45) is 4.13. The standard InChI is InChI=1S/C16H24N2O3S/c19-15(17-7-6-13-4-3-11-22-13)12-18-8-2-1-5-14(18)16-20-9-10-21-16/h3-4,11,14,16H,1-2,5-10,12H2,(H,17,19)/t14-/m1/s1. The van der Waals surface area contributed by atoms with Gasteiger partial charge in [0.05, 0.1) is 25.8 Å². The molecule has 1 N–H and O–H groups in total. The maximum absolute atomic E-state index is 12.2. The first kappa shape index (κ1) is 15.9. The fraction of sp³-hybridized carbons (Fsp3) is 0.688. The van der Waals surface area contributed by atoms with E-state index in [1.807, 2.05) is 6.07 Å². The number of thiophene rings is 1. The molecular formula is C16H24N2O3S. The predicted molar refractivity (Wildman–Crippen MR) is 85.9 cm³/mol. The van der Waals surface area contributed by atoms with Gasteiger partial charge in [0.25, 0.3) is 0 Å². The molecule has 22 heavy (non-hydrogen) atoms. The van der Waals surface area contributed by atoms with Crippen molar-refractivity contribution in [2.24, 2.45) is 0 Å². The lowest BCUT2D eigenvalue weighted by atomic mass is 10.0. The second-order valence-corrected chi connectivity index (χ2v) is 6.86. The van der Waals surface area contributed by atoms with Crippen molar-refractivity contribution in [1.82, 2.24) is 10.2 Å². The van der Waals surface area contributed by atoms with E-state index in [0.717, 1.165) is 25.8 Å². The SMILES string of the molecule is O=C(CN1CCCC[C@@H]1C1OCCO1)NCCc1cccs1. The number of rotatable bonds is 6. The molecular weight excluding hydrogens is 300 g/mol. The van der Waals surface area contributed by atoms with E-state index in [4.69, 9.17) is 9.47 Å². The van der Waals surface area contributed by atoms with E-state index in [0.29, 0.717) is 26.3 Å². The first-order chi connectivity index (χ1) is 10.8. The molecule has 5 nitrogen and oxygen atoms in total. The lowest BCUT2D eigenvalue weighted by molar-refractivity contribution is -0.131. The molecule has 0 radical (unpaired) electrons. The Morgan fingerprint density at radius 1 is 1.36 bits per heavy atom. The first-order valence-electron chi connectivity index (χ1n) is 8.09. The van der Waals surface area contributed by atoms with Gasteiger partial charge < -0.3 is 14.8 Å². The van der Waals surface area contributed by atoms with Gasteiger partial charge in [0.1, 0.15) is 0 Å². The zero-order valence-electron chi connectivity index (χ0n) is 12.8. The second-order valence-electron chi connectivity index (χ2n) is 5.82. The summed E-state index contributed by atoms with van der Waals surface area (Å²) in [6, 6.07) is 4.37. The smallest absolute Gasteiger partial charge is 0.234 e. The van der Waals surface area contributed by atoms with Crippen LogP contribution < -0.4 is 5.32 Å². The van der Waals surface area contributed by atoms with E-state index < -0.39 is 0 Å². The summed E-state index contributed by atoms with van der Waals surface area (Å²) in [5.41, 5.74) is 0. The zero-order chi connectivity index (χ0) is 15.2. The number of ether oxygens (including phenoxy) is 2. The summed E-state index contributed by atoms with van der Waals surface area (Å²) < 4.78 is 11.3. The van der Waals surface area contributed by atoms with Gasteiger partial charge in [-0.3, -0.25) is 9.69 Å². The molecule has 1 aromatic heterocycles. The average Bonchev–Trinajstić information content (AvgIpc) is 3.21. The molecule has 2 aliphatic heterocycles. The molecule has 0 saturated carbocycles. The summed E-state index contributed by atoms with van der Waals surface area (Å²) in [5, 5.41) is 5.09. The minimum absolute atomic E-state index is 0.0986. The minimum atomic E-state index is -0.154. The largest absolute Gasteiger partial charge is 0.355 e. The lowest BCUT2D eigenvalue weighted by Gasteiger charge is -2.37. The highest BCUT2D eigenvalue weighted by Crippen LogP contribution is 2.23. The van der Waals surface area contributed by atoms with Crippen molar-refractivity contribution in [2.75, 3.05) is 32.8 Å². The number of nitrogens with zero attached hydrogens (tertiary/aromatic N) is 1. The zero-order valence-corrected chi connectivity index (χ0v) is 13.6. The van der Waals surface area contributed by atoms with Crippen molar-refractivity contribution in [2.45, 2.75) is 38.0 Å². The molecule has 0 unspecified atom stereocenters. The maximum atomic E-state index is 12.2. The van der Waals surface area contributed by atoms with E-state index in [9.17, 15) is 4.79 Å². The van der Waals surface area contributed by atoms with Crippen molar-refractivity contribution >= 4 is 17.2 Å². The fourth-order valence-electron chi connectivity index (χ4n) is 3.14. The van der Waals surface area contributed by atoms with Crippen LogP contribution in [-0.2, 0) is 20.7 Å². The second kappa shape index (κ2) is 8.06. The highest BCUT2D eigenvalue weighted by molar-refractivity contribution is 7.09. The van der Waals surface area contributed by atoms with Crippen molar-refractivity contribution < 1.29 is 14.3 Å². The summed E-state index contributed by atoms with van der Waals surface area (Å²) >= 11 is 1.73. The molecule has 2 saturated heterocycles. The minimum Gasteiger partial charge on any atom is -0.355 e. The molecule has 0 bridgehead atoms. The van der Waals surface area contributed by atoms with Gasteiger partial charge in [0.2, 0.25) is 5.91 Å². The van der Waals surface area contributed by atoms with E-state index in [-0.39, 0.29) is 18.2 Å². The number of nitrogens with one attached hydrogen (secondary N) is 1. The van der Waals surface area contributed by atoms with Crippen molar-refractivity contribution in [1.29, 1.82) is 0 Å². The molecule has 1 amide bonds. The van der Waals surface area contributed by atoms with Gasteiger partial charge in [0, 0.05) is 11.4 Å². The van der Waals surface area contributed by atoms with Gasteiger partial charge in [0.15, 0.2) is 6.29 Å². The maximum Gasteiger partial charge on any atom is 0.234 e. The molecule has 3 rings (SSSR count). The third-order valence-electron chi connectivity index (χ3n) is 4.25. The quantitative estimate of drug-likeness (QED) is 0.864. The van der Waals surface area contributed by atoms with Gasteiger partial charge in [-0.25, -0.2) is 0 Å². The molecule has 0 aromatic carbocycles. The number of amides is 1. The fourth-order valence-corrected chi connectivity index (χ4v) is 3.85. The van der Waals surface area contributed by atoms with Gasteiger partial charge in [-0.2, -0.15) is 0 Å². The van der Waals surface area contributed by atoms with Gasteiger partial charge in [-0.05, 0) is 37.3 Å². The van der Waals surface area contributed by atoms with Crippen LogP contribution in [0.15, 0.2) is 17.5 Å². The van der Waals surface area contributed by atoms with E-state index in [1.54, 1.807) is 11.3 Å². The van der Waals surface area contributed by atoms with Gasteiger partial charge >= 0.3 is 0 Å². The summed E-state index contributed by atoms with van der Waals surface area (Å²) in [4.78, 5) is 15.7. The van der Waals surface area contributed by atoms with Gasteiger partial charge in [-0.15, -0.1) is 11.3 Å². The van der Waals surface area contributed by atoms with Crippen LogP contribution in [0.4, 0.5) is 0 Å². The van der Waals surface area contributed by atoms with Crippen LogP contribution >= 0.6 is 11.3 Å². The Kier molecular flexibility index (Phi) is 5.83. The number of carbonyl (C=O) groups is 1. The molecule has 3 heterocycles. The van der Waals surface area contributed by atoms with Gasteiger partial charge in [-0.1, -0.05) is 12.5 Å². The molecule has 1 atom stereocenters. The Morgan fingerprint density at radius 3 is 3.00 bits per heavy atom. The molecule has 122 valence electrons. The normalized spacial score (nSPS) is 23.7. The van der Waals surface area contributed by atoms with E-state index >= 15 is 0 Å². The third-order valence-corrected chi connectivity index (χ3v) is 5.18. The van der Waals surface area contributed by atoms with Crippen LogP contribution in [0.25, 0.3) is 0 Å². The predicted octanol–water partition coefficient (Wildman–Crippen LogP) is 1.63.